The SMILES string of the molecule is OC1(Cc2ccccc2)C(=Nc2cc3ccccc3c3ccccc23)c2cccc3cccc1c23. The number of rotatable bonds is 3. The monoisotopic (exact) mass is 449 g/mol. The van der Waals surface area contributed by atoms with E-state index >= 15 is 0 Å². The van der Waals surface area contributed by atoms with Crippen molar-refractivity contribution < 1.29 is 5.11 Å². The smallest absolute Gasteiger partial charge is 0.137 e. The average Bonchev–Trinajstić information content (AvgIpc) is 3.14. The van der Waals surface area contributed by atoms with Crippen LogP contribution in [0.25, 0.3) is 32.3 Å². The molecule has 35 heavy (non-hydrogen) atoms. The highest BCUT2D eigenvalue weighted by Gasteiger charge is 2.44. The molecule has 1 atom stereocenters. The van der Waals surface area contributed by atoms with Gasteiger partial charge in [-0.1, -0.05) is 115 Å². The van der Waals surface area contributed by atoms with Crippen molar-refractivity contribution in [2.45, 2.75) is 12.0 Å². The van der Waals surface area contributed by atoms with E-state index in [0.717, 1.165) is 43.9 Å². The average molecular weight is 450 g/mol. The first-order chi connectivity index (χ1) is 17.2. The second-order valence-corrected chi connectivity index (χ2v) is 9.35. The summed E-state index contributed by atoms with van der Waals surface area (Å²) in [4.78, 5) is 5.29. The summed E-state index contributed by atoms with van der Waals surface area (Å²) in [5.41, 5.74) is 3.39. The lowest BCUT2D eigenvalue weighted by Gasteiger charge is -2.26. The molecule has 6 aromatic carbocycles. The third-order valence-electron chi connectivity index (χ3n) is 7.28. The number of hydrogen-bond acceptors (Lipinski definition) is 2. The van der Waals surface area contributed by atoms with Gasteiger partial charge in [0.25, 0.3) is 0 Å². The number of nitrogens with zero attached hydrogens (tertiary/aromatic N) is 1. The van der Waals surface area contributed by atoms with Gasteiger partial charge in [0.15, 0.2) is 0 Å². The minimum absolute atomic E-state index is 0.464. The Kier molecular flexibility index (Phi) is 4.39. The molecule has 0 aromatic heterocycles. The van der Waals surface area contributed by atoms with E-state index in [0.29, 0.717) is 12.1 Å². The zero-order chi connectivity index (χ0) is 23.4. The quantitative estimate of drug-likeness (QED) is 0.276. The first-order valence-corrected chi connectivity index (χ1v) is 12.0. The molecule has 0 amide bonds. The van der Waals surface area contributed by atoms with Gasteiger partial charge in [0.1, 0.15) is 5.60 Å². The number of aliphatic imine (C=N–C) groups is 1. The summed E-state index contributed by atoms with van der Waals surface area (Å²) in [5.74, 6) is 0. The Labute approximate surface area is 203 Å². The molecule has 1 N–H and O–H groups in total. The van der Waals surface area contributed by atoms with Gasteiger partial charge < -0.3 is 5.11 Å². The lowest BCUT2D eigenvalue weighted by atomic mass is 9.86. The van der Waals surface area contributed by atoms with Crippen molar-refractivity contribution in [2.75, 3.05) is 0 Å². The summed E-state index contributed by atoms with van der Waals surface area (Å²) in [6.45, 7) is 0. The van der Waals surface area contributed by atoms with Crippen LogP contribution in [-0.4, -0.2) is 10.8 Å². The van der Waals surface area contributed by atoms with Crippen LogP contribution in [0.15, 0.2) is 126 Å². The maximum Gasteiger partial charge on any atom is 0.137 e. The van der Waals surface area contributed by atoms with E-state index in [1.165, 1.54) is 10.8 Å². The fourth-order valence-corrected chi connectivity index (χ4v) is 5.70. The number of aliphatic hydroxyl groups is 1. The fourth-order valence-electron chi connectivity index (χ4n) is 5.70. The van der Waals surface area contributed by atoms with Gasteiger partial charge in [-0.2, -0.15) is 0 Å². The van der Waals surface area contributed by atoms with Crippen molar-refractivity contribution in [3.05, 3.63) is 138 Å². The summed E-state index contributed by atoms with van der Waals surface area (Å²) in [6.07, 6.45) is 0.464. The van der Waals surface area contributed by atoms with Crippen LogP contribution < -0.4 is 0 Å². The summed E-state index contributed by atoms with van der Waals surface area (Å²) in [6, 6.07) is 41.6. The van der Waals surface area contributed by atoms with E-state index in [9.17, 15) is 5.11 Å². The Bertz CT molecular complexity index is 1780. The third kappa shape index (κ3) is 3.04. The van der Waals surface area contributed by atoms with E-state index in [-0.39, 0.29) is 0 Å². The fraction of sp³-hybridized carbons (Fsp3) is 0.0606. The van der Waals surface area contributed by atoms with Crippen molar-refractivity contribution in [3.8, 4) is 0 Å². The van der Waals surface area contributed by atoms with Crippen LogP contribution in [0, 0.1) is 0 Å². The maximum absolute atomic E-state index is 12.5. The second-order valence-electron chi connectivity index (χ2n) is 9.35. The van der Waals surface area contributed by atoms with Crippen molar-refractivity contribution in [2.24, 2.45) is 4.99 Å². The molecule has 7 rings (SSSR count). The van der Waals surface area contributed by atoms with Crippen molar-refractivity contribution >= 4 is 43.7 Å². The van der Waals surface area contributed by atoms with Gasteiger partial charge in [0.2, 0.25) is 0 Å². The van der Waals surface area contributed by atoms with Gasteiger partial charge in [-0.15, -0.1) is 0 Å². The molecule has 1 aliphatic carbocycles. The first-order valence-electron chi connectivity index (χ1n) is 12.0. The molecule has 0 radical (unpaired) electrons. The topological polar surface area (TPSA) is 32.6 Å². The zero-order valence-corrected chi connectivity index (χ0v) is 19.1. The van der Waals surface area contributed by atoms with Crippen LogP contribution in [0.2, 0.25) is 0 Å². The molecule has 2 nitrogen and oxygen atoms in total. The number of hydrogen-bond donors (Lipinski definition) is 1. The Morgan fingerprint density at radius 2 is 1.26 bits per heavy atom. The summed E-state index contributed by atoms with van der Waals surface area (Å²) in [5, 5.41) is 19.3. The molecule has 0 fully saturated rings. The third-order valence-corrected chi connectivity index (χ3v) is 7.28. The van der Waals surface area contributed by atoms with Crippen LogP contribution in [0.1, 0.15) is 16.7 Å². The summed E-state index contributed by atoms with van der Waals surface area (Å²) >= 11 is 0. The standard InChI is InChI=1S/C33H23NO/c35-33(21-22-10-2-1-3-11-22)29-19-9-14-23-13-8-18-28(31(23)29)32(33)34-30-20-24-12-4-5-15-25(24)26-16-6-7-17-27(26)30/h1-20,35H,21H2. The van der Waals surface area contributed by atoms with E-state index in [1.54, 1.807) is 0 Å². The number of fused-ring (bicyclic) bond motifs is 3. The van der Waals surface area contributed by atoms with E-state index in [4.69, 9.17) is 4.99 Å². The van der Waals surface area contributed by atoms with E-state index in [1.807, 2.05) is 24.3 Å². The minimum Gasteiger partial charge on any atom is -0.378 e. The molecule has 166 valence electrons. The summed E-state index contributed by atoms with van der Waals surface area (Å²) < 4.78 is 0. The predicted octanol–water partition coefficient (Wildman–Crippen LogP) is 7.71. The Morgan fingerprint density at radius 3 is 2.09 bits per heavy atom. The maximum atomic E-state index is 12.5. The van der Waals surface area contributed by atoms with Gasteiger partial charge in [0, 0.05) is 17.4 Å². The van der Waals surface area contributed by atoms with Crippen LogP contribution in [-0.2, 0) is 12.0 Å². The zero-order valence-electron chi connectivity index (χ0n) is 19.1. The Balaban J connectivity index is 1.54. The van der Waals surface area contributed by atoms with Gasteiger partial charge in [-0.25, -0.2) is 4.99 Å². The first kappa shape index (κ1) is 20.1. The summed E-state index contributed by atoms with van der Waals surface area (Å²) in [7, 11) is 0. The normalized spacial score (nSPS) is 18.1. The molecule has 0 aliphatic heterocycles. The van der Waals surface area contributed by atoms with Gasteiger partial charge in [-0.3, -0.25) is 0 Å². The highest BCUT2D eigenvalue weighted by atomic mass is 16.3. The van der Waals surface area contributed by atoms with Crippen molar-refractivity contribution in [3.63, 3.8) is 0 Å². The molecular weight excluding hydrogens is 426 g/mol. The number of benzene rings is 6. The lowest BCUT2D eigenvalue weighted by molar-refractivity contribution is 0.116. The molecule has 6 aromatic rings. The van der Waals surface area contributed by atoms with Crippen molar-refractivity contribution in [1.29, 1.82) is 0 Å². The molecule has 1 unspecified atom stereocenters. The molecule has 0 spiro atoms. The lowest BCUT2D eigenvalue weighted by Crippen LogP contribution is -2.35. The molecule has 1 aliphatic rings. The van der Waals surface area contributed by atoms with E-state index < -0.39 is 5.60 Å². The van der Waals surface area contributed by atoms with Crippen LogP contribution in [0.4, 0.5) is 5.69 Å². The van der Waals surface area contributed by atoms with Crippen LogP contribution in [0.5, 0.6) is 0 Å². The minimum atomic E-state index is -1.22. The highest BCUT2D eigenvalue weighted by molar-refractivity contribution is 6.23. The van der Waals surface area contributed by atoms with Crippen LogP contribution in [0.3, 0.4) is 0 Å². The molecule has 0 saturated carbocycles. The van der Waals surface area contributed by atoms with Gasteiger partial charge >= 0.3 is 0 Å². The Hall–Kier alpha value is -4.27. The molecule has 0 saturated heterocycles. The highest BCUT2D eigenvalue weighted by Crippen LogP contribution is 2.45. The second kappa shape index (κ2) is 7.63. The molecular formula is C33H23NO. The largest absolute Gasteiger partial charge is 0.378 e. The molecule has 0 bridgehead atoms. The van der Waals surface area contributed by atoms with Crippen LogP contribution >= 0.6 is 0 Å². The van der Waals surface area contributed by atoms with Gasteiger partial charge in [-0.05, 0) is 44.1 Å². The van der Waals surface area contributed by atoms with E-state index in [2.05, 4.69) is 97.1 Å². The predicted molar refractivity (Wildman–Crippen MR) is 146 cm³/mol. The van der Waals surface area contributed by atoms with Crippen molar-refractivity contribution in [1.82, 2.24) is 0 Å². The molecule has 2 heteroatoms. The Morgan fingerprint density at radius 1 is 0.600 bits per heavy atom. The molecule has 0 heterocycles. The van der Waals surface area contributed by atoms with Gasteiger partial charge in [0.05, 0.1) is 11.4 Å².